The Labute approximate surface area is 631 Å². The van der Waals surface area contributed by atoms with Gasteiger partial charge < -0.3 is 33.8 Å². The number of unbranched alkanes of at least 4 members (excludes halogenated alkanes) is 46. The van der Waals surface area contributed by atoms with E-state index in [4.69, 9.17) is 37.0 Å². The average Bonchev–Trinajstić information content (AvgIpc) is 0.929. The highest BCUT2D eigenvalue weighted by molar-refractivity contribution is 7.47. The van der Waals surface area contributed by atoms with E-state index in [9.17, 15) is 43.2 Å². The molecule has 7 atom stereocenters. The summed E-state index contributed by atoms with van der Waals surface area (Å²) in [6.45, 7) is 9.61. The zero-order valence-corrected chi connectivity index (χ0v) is 68.9. The zero-order valence-electron chi connectivity index (χ0n) is 67.1. The van der Waals surface area contributed by atoms with Gasteiger partial charge in [0.15, 0.2) is 12.2 Å². The highest BCUT2D eigenvalue weighted by Crippen LogP contribution is 2.45. The number of carbonyl (C=O) groups excluding carboxylic acids is 4. The molecule has 0 amide bonds. The summed E-state index contributed by atoms with van der Waals surface area (Å²) in [5.74, 6) is -0.540. The Morgan fingerprint density at radius 3 is 0.825 bits per heavy atom. The van der Waals surface area contributed by atoms with Gasteiger partial charge in [0.2, 0.25) is 0 Å². The van der Waals surface area contributed by atoms with Crippen LogP contribution in [-0.2, 0) is 65.4 Å². The van der Waals surface area contributed by atoms with Gasteiger partial charge in [0.25, 0.3) is 0 Å². The van der Waals surface area contributed by atoms with Crippen molar-refractivity contribution in [3.05, 3.63) is 24.3 Å². The Balaban J connectivity index is 5.25. The van der Waals surface area contributed by atoms with E-state index in [-0.39, 0.29) is 25.7 Å². The van der Waals surface area contributed by atoms with Crippen LogP contribution < -0.4 is 0 Å². The summed E-state index contributed by atoms with van der Waals surface area (Å²) in [7, 11) is -9.94. The molecule has 0 rings (SSSR count). The number of aliphatic hydroxyl groups is 1. The largest absolute Gasteiger partial charge is 0.472 e. The first-order chi connectivity index (χ1) is 49.9. The molecule has 0 saturated carbocycles. The molecule has 0 aromatic carbocycles. The van der Waals surface area contributed by atoms with Gasteiger partial charge in [0.1, 0.15) is 19.3 Å². The van der Waals surface area contributed by atoms with Crippen LogP contribution in [0.4, 0.5) is 0 Å². The second-order valence-corrected chi connectivity index (χ2v) is 32.9. The molecular formula is C84H160O17P2. The molecule has 608 valence electrons. The minimum absolute atomic E-state index is 0.0844. The van der Waals surface area contributed by atoms with E-state index in [0.717, 1.165) is 121 Å². The van der Waals surface area contributed by atoms with Crippen molar-refractivity contribution in [1.29, 1.82) is 0 Å². The molecule has 0 aliphatic heterocycles. The quantitative estimate of drug-likeness (QED) is 0.0169. The fraction of sp³-hybridized carbons (Fsp3) is 0.905. The molecule has 3 N–H and O–H groups in total. The van der Waals surface area contributed by atoms with Crippen molar-refractivity contribution in [1.82, 2.24) is 0 Å². The van der Waals surface area contributed by atoms with Gasteiger partial charge in [-0.25, -0.2) is 9.13 Å². The van der Waals surface area contributed by atoms with Crippen LogP contribution in [0.5, 0.6) is 0 Å². The van der Waals surface area contributed by atoms with Crippen molar-refractivity contribution in [2.24, 2.45) is 11.8 Å². The molecule has 0 spiro atoms. The number of ether oxygens (including phenoxy) is 4. The Kier molecular flexibility index (Phi) is 73.2. The molecule has 103 heavy (non-hydrogen) atoms. The standard InChI is InChI=1S/C84H160O17P2/c1-7-11-13-15-17-19-21-23-25-32-35-39-43-47-54-60-66-81(86)94-72-79(100-83(88)68-63-57-49-45-41-37-33-29-27-26-28-31-34-38-42-46-52-58-64-76(5)9-3)74-98-102(90,91)96-70-78(85)71-97-103(92,93)99-75-80(73-95-82(87)67-61-55-51-50-53-59-65-77(6)10-4)101-84(89)69-62-56-48-44-40-36-30-24-22-20-18-16-14-12-8-2/h20,22,24,30,76-80,85H,7-19,21,23,25-29,31-75H2,1-6H3,(H,90,91)(H,92,93)/b22-20-,30-24-/t76?,77?,78-,79-,80-/m1/s1. The third-order valence-corrected chi connectivity index (χ3v) is 21.7. The monoisotopic (exact) mass is 1500 g/mol. The van der Waals surface area contributed by atoms with Crippen molar-refractivity contribution in [3.8, 4) is 0 Å². The van der Waals surface area contributed by atoms with Crippen molar-refractivity contribution >= 4 is 39.5 Å². The molecule has 0 aliphatic rings. The molecule has 0 saturated heterocycles. The number of rotatable bonds is 81. The molecule has 0 radical (unpaired) electrons. The lowest BCUT2D eigenvalue weighted by molar-refractivity contribution is -0.161. The predicted molar refractivity (Wildman–Crippen MR) is 423 cm³/mol. The minimum atomic E-state index is -4.97. The van der Waals surface area contributed by atoms with Crippen LogP contribution >= 0.6 is 15.6 Å². The highest BCUT2D eigenvalue weighted by Gasteiger charge is 2.30. The van der Waals surface area contributed by atoms with E-state index < -0.39 is 97.5 Å². The van der Waals surface area contributed by atoms with Gasteiger partial charge in [0, 0.05) is 25.7 Å². The van der Waals surface area contributed by atoms with E-state index in [1.54, 1.807) is 0 Å². The number of esters is 4. The van der Waals surface area contributed by atoms with Gasteiger partial charge >= 0.3 is 39.5 Å². The molecular weight excluding hydrogens is 1340 g/mol. The molecule has 17 nitrogen and oxygen atoms in total. The summed E-state index contributed by atoms with van der Waals surface area (Å²) in [5, 5.41) is 10.7. The predicted octanol–water partition coefficient (Wildman–Crippen LogP) is 25.0. The van der Waals surface area contributed by atoms with Gasteiger partial charge in [-0.05, 0) is 63.2 Å². The summed E-state index contributed by atoms with van der Waals surface area (Å²) in [5.41, 5.74) is 0. The Morgan fingerprint density at radius 2 is 0.544 bits per heavy atom. The van der Waals surface area contributed by atoms with Crippen molar-refractivity contribution in [2.75, 3.05) is 39.6 Å². The maximum Gasteiger partial charge on any atom is 0.472 e. The van der Waals surface area contributed by atoms with Gasteiger partial charge in [-0.1, -0.05) is 368 Å². The molecule has 0 fully saturated rings. The Bertz CT molecular complexity index is 2070. The van der Waals surface area contributed by atoms with Crippen molar-refractivity contribution in [3.63, 3.8) is 0 Å². The lowest BCUT2D eigenvalue weighted by Crippen LogP contribution is -2.30. The maximum absolute atomic E-state index is 13.1. The van der Waals surface area contributed by atoms with Crippen molar-refractivity contribution in [2.45, 2.75) is 439 Å². The van der Waals surface area contributed by atoms with Crippen LogP contribution in [0.2, 0.25) is 0 Å². The molecule has 0 heterocycles. The van der Waals surface area contributed by atoms with Crippen molar-refractivity contribution < 1.29 is 80.2 Å². The third-order valence-electron chi connectivity index (χ3n) is 19.8. The molecule has 0 bridgehead atoms. The second kappa shape index (κ2) is 75.0. The van der Waals surface area contributed by atoms with E-state index in [1.807, 2.05) is 0 Å². The van der Waals surface area contributed by atoms with Gasteiger partial charge in [-0.2, -0.15) is 0 Å². The van der Waals surface area contributed by atoms with Crippen LogP contribution in [0.15, 0.2) is 24.3 Å². The van der Waals surface area contributed by atoms with Crippen LogP contribution in [0.1, 0.15) is 420 Å². The van der Waals surface area contributed by atoms with E-state index >= 15 is 0 Å². The lowest BCUT2D eigenvalue weighted by atomic mass is 9.99. The Morgan fingerprint density at radius 1 is 0.311 bits per heavy atom. The fourth-order valence-electron chi connectivity index (χ4n) is 12.5. The molecule has 0 aromatic heterocycles. The van der Waals surface area contributed by atoms with Gasteiger partial charge in [0.05, 0.1) is 26.4 Å². The zero-order chi connectivity index (χ0) is 75.6. The SMILES string of the molecule is CCCCCC/C=C\C=C/CCCCCCCC(=O)O[C@H](COC(=O)CCCCCCCCC(C)CC)COP(=O)(O)OC[C@H](O)COP(=O)(O)OC[C@@H](COC(=O)CCCCCCCCCCCCCCCCCC)OC(=O)CCCCCCCCCCCCCCCCCCCCC(C)CC. The average molecular weight is 1500 g/mol. The molecule has 0 aliphatic carbocycles. The summed E-state index contributed by atoms with van der Waals surface area (Å²) in [6.07, 6.45) is 68.8. The fourth-order valence-corrected chi connectivity index (χ4v) is 14.0. The first-order valence-corrected chi connectivity index (χ1v) is 45.9. The topological polar surface area (TPSA) is 237 Å². The maximum atomic E-state index is 13.1. The van der Waals surface area contributed by atoms with E-state index in [1.165, 1.54) is 218 Å². The summed E-state index contributed by atoms with van der Waals surface area (Å²) >= 11 is 0. The number of hydrogen-bond donors (Lipinski definition) is 3. The van der Waals surface area contributed by atoms with Crippen LogP contribution in [0.25, 0.3) is 0 Å². The number of allylic oxidation sites excluding steroid dienone is 4. The highest BCUT2D eigenvalue weighted by atomic mass is 31.2. The number of hydrogen-bond acceptors (Lipinski definition) is 15. The number of phosphoric ester groups is 2. The molecule has 4 unspecified atom stereocenters. The van der Waals surface area contributed by atoms with E-state index in [0.29, 0.717) is 25.7 Å². The lowest BCUT2D eigenvalue weighted by Gasteiger charge is -2.21. The summed E-state index contributed by atoms with van der Waals surface area (Å²) < 4.78 is 68.7. The summed E-state index contributed by atoms with van der Waals surface area (Å²) in [6, 6.07) is 0. The minimum Gasteiger partial charge on any atom is -0.462 e. The Hall–Kier alpha value is -2.46. The number of phosphoric acid groups is 2. The van der Waals surface area contributed by atoms with Gasteiger partial charge in [-0.15, -0.1) is 0 Å². The normalized spacial score (nSPS) is 14.5. The van der Waals surface area contributed by atoms with E-state index in [2.05, 4.69) is 65.8 Å². The number of aliphatic hydroxyl groups excluding tert-OH is 1. The number of carbonyl (C=O) groups is 4. The van der Waals surface area contributed by atoms with Crippen LogP contribution in [0, 0.1) is 11.8 Å². The third kappa shape index (κ3) is 74.8. The first kappa shape index (κ1) is 101. The second-order valence-electron chi connectivity index (χ2n) is 30.0. The van der Waals surface area contributed by atoms with Crippen LogP contribution in [-0.4, -0.2) is 96.7 Å². The smallest absolute Gasteiger partial charge is 0.462 e. The first-order valence-electron chi connectivity index (χ1n) is 42.9. The van der Waals surface area contributed by atoms with Gasteiger partial charge in [-0.3, -0.25) is 37.3 Å². The molecule has 19 heteroatoms. The van der Waals surface area contributed by atoms with Crippen LogP contribution in [0.3, 0.4) is 0 Å². The summed E-state index contributed by atoms with van der Waals surface area (Å²) in [4.78, 5) is 73.1. The molecule has 0 aromatic rings.